The summed E-state index contributed by atoms with van der Waals surface area (Å²) < 4.78 is 5.54. The Bertz CT molecular complexity index is 387. The zero-order valence-electron chi connectivity index (χ0n) is 14.5. The van der Waals surface area contributed by atoms with Gasteiger partial charge < -0.3 is 14.7 Å². The van der Waals surface area contributed by atoms with E-state index in [-0.39, 0.29) is 5.92 Å². The molecule has 2 atom stereocenters. The Morgan fingerprint density at radius 2 is 1.81 bits per heavy atom. The van der Waals surface area contributed by atoms with Crippen LogP contribution in [0.1, 0.15) is 59.2 Å². The Kier molecular flexibility index (Phi) is 7.89. The molecule has 1 rings (SSSR count). The molecule has 1 aromatic heterocycles. The van der Waals surface area contributed by atoms with Gasteiger partial charge in [-0.05, 0) is 32.5 Å². The van der Waals surface area contributed by atoms with Crippen LogP contribution in [0.3, 0.4) is 0 Å². The molecule has 2 unspecified atom stereocenters. The summed E-state index contributed by atoms with van der Waals surface area (Å²) >= 11 is 0. The molecule has 1 aromatic rings. The van der Waals surface area contributed by atoms with Crippen molar-refractivity contribution in [2.24, 2.45) is 5.92 Å². The minimum Gasteiger partial charge on any atom is -0.339 e. The van der Waals surface area contributed by atoms with Gasteiger partial charge in [0.25, 0.3) is 0 Å². The minimum atomic E-state index is 0.264. The van der Waals surface area contributed by atoms with Crippen LogP contribution in [0.4, 0.5) is 0 Å². The normalized spacial score (nSPS) is 14.9. The van der Waals surface area contributed by atoms with E-state index in [2.05, 4.69) is 61.9 Å². The number of hydrogen-bond acceptors (Lipinski definition) is 5. The average molecular weight is 296 g/mol. The molecule has 0 radical (unpaired) electrons. The molecule has 5 heteroatoms. The van der Waals surface area contributed by atoms with Crippen molar-refractivity contribution >= 4 is 0 Å². The van der Waals surface area contributed by atoms with Gasteiger partial charge in [0.05, 0.1) is 5.92 Å². The van der Waals surface area contributed by atoms with E-state index in [1.807, 2.05) is 0 Å². The molecule has 1 heterocycles. The van der Waals surface area contributed by atoms with Gasteiger partial charge in [-0.1, -0.05) is 39.8 Å². The topological polar surface area (TPSA) is 54.2 Å². The molecule has 0 aliphatic carbocycles. The van der Waals surface area contributed by atoms with E-state index in [9.17, 15) is 0 Å². The van der Waals surface area contributed by atoms with Crippen molar-refractivity contribution < 1.29 is 4.52 Å². The highest BCUT2D eigenvalue weighted by Crippen LogP contribution is 2.26. The number of rotatable bonds is 10. The maximum absolute atomic E-state index is 5.54. The highest BCUT2D eigenvalue weighted by atomic mass is 16.5. The highest BCUT2D eigenvalue weighted by molar-refractivity contribution is 5.00. The van der Waals surface area contributed by atoms with E-state index in [4.69, 9.17) is 4.52 Å². The monoisotopic (exact) mass is 296 g/mol. The number of likely N-dealkylation sites (N-methyl/N-ethyl adjacent to an activating group) is 2. The van der Waals surface area contributed by atoms with Crippen LogP contribution in [-0.2, 0) is 6.42 Å². The maximum atomic E-state index is 5.54. The Hall–Kier alpha value is -0.940. The third-order valence-electron chi connectivity index (χ3n) is 4.10. The first-order valence-electron chi connectivity index (χ1n) is 8.31. The van der Waals surface area contributed by atoms with Crippen molar-refractivity contribution in [2.75, 3.05) is 26.2 Å². The predicted molar refractivity (Wildman–Crippen MR) is 86.5 cm³/mol. The van der Waals surface area contributed by atoms with Crippen LogP contribution in [0, 0.1) is 5.92 Å². The Morgan fingerprint density at radius 1 is 1.14 bits per heavy atom. The molecule has 122 valence electrons. The maximum Gasteiger partial charge on any atom is 0.231 e. The largest absolute Gasteiger partial charge is 0.339 e. The van der Waals surface area contributed by atoms with Crippen molar-refractivity contribution in [1.82, 2.24) is 20.4 Å². The standard InChI is InChI=1S/C16H32N4O/c1-7-17-13(6)15(12(4)5)16-18-14(19-21-16)10-11-20(8-2)9-3/h12-13,15,17H,7-11H2,1-6H3. The van der Waals surface area contributed by atoms with Gasteiger partial charge in [0, 0.05) is 19.0 Å². The van der Waals surface area contributed by atoms with Crippen LogP contribution in [0.15, 0.2) is 4.52 Å². The average Bonchev–Trinajstić information content (AvgIpc) is 2.88. The Balaban J connectivity index is 2.70. The van der Waals surface area contributed by atoms with Gasteiger partial charge >= 0.3 is 0 Å². The molecular formula is C16H32N4O. The van der Waals surface area contributed by atoms with Crippen LogP contribution in [0.2, 0.25) is 0 Å². The lowest BCUT2D eigenvalue weighted by Crippen LogP contribution is -2.34. The molecule has 0 saturated carbocycles. The van der Waals surface area contributed by atoms with Crippen molar-refractivity contribution in [2.45, 2.75) is 59.9 Å². The van der Waals surface area contributed by atoms with Crippen LogP contribution >= 0.6 is 0 Å². The van der Waals surface area contributed by atoms with Gasteiger partial charge in [-0.25, -0.2) is 0 Å². The van der Waals surface area contributed by atoms with Crippen molar-refractivity contribution in [3.05, 3.63) is 11.7 Å². The fourth-order valence-electron chi connectivity index (χ4n) is 2.83. The van der Waals surface area contributed by atoms with Gasteiger partial charge in [-0.15, -0.1) is 0 Å². The fraction of sp³-hybridized carbons (Fsp3) is 0.875. The zero-order valence-corrected chi connectivity index (χ0v) is 14.5. The lowest BCUT2D eigenvalue weighted by atomic mass is 9.89. The summed E-state index contributed by atoms with van der Waals surface area (Å²) in [6, 6.07) is 0.339. The molecule has 0 aromatic carbocycles. The van der Waals surface area contributed by atoms with Gasteiger partial charge in [0.1, 0.15) is 0 Å². The first kappa shape index (κ1) is 18.1. The Labute approximate surface area is 129 Å². The summed E-state index contributed by atoms with van der Waals surface area (Å²) in [4.78, 5) is 7.00. The summed E-state index contributed by atoms with van der Waals surface area (Å²) in [5.74, 6) is 2.33. The number of nitrogens with zero attached hydrogens (tertiary/aromatic N) is 3. The second kappa shape index (κ2) is 9.15. The highest BCUT2D eigenvalue weighted by Gasteiger charge is 2.27. The van der Waals surface area contributed by atoms with Crippen molar-refractivity contribution in [3.8, 4) is 0 Å². The van der Waals surface area contributed by atoms with E-state index < -0.39 is 0 Å². The molecule has 1 N–H and O–H groups in total. The molecule has 21 heavy (non-hydrogen) atoms. The van der Waals surface area contributed by atoms with Crippen LogP contribution < -0.4 is 5.32 Å². The summed E-state index contributed by atoms with van der Waals surface area (Å²) in [5.41, 5.74) is 0. The first-order chi connectivity index (χ1) is 10.0. The Morgan fingerprint density at radius 3 is 2.33 bits per heavy atom. The number of hydrogen-bond donors (Lipinski definition) is 1. The summed E-state index contributed by atoms with van der Waals surface area (Å²) in [6.07, 6.45) is 0.853. The van der Waals surface area contributed by atoms with E-state index >= 15 is 0 Å². The van der Waals surface area contributed by atoms with E-state index in [1.165, 1.54) is 0 Å². The molecule has 5 nitrogen and oxygen atoms in total. The molecule has 0 amide bonds. The smallest absolute Gasteiger partial charge is 0.231 e. The predicted octanol–water partition coefficient (Wildman–Crippen LogP) is 2.69. The first-order valence-corrected chi connectivity index (χ1v) is 8.31. The fourth-order valence-corrected chi connectivity index (χ4v) is 2.83. The summed E-state index contributed by atoms with van der Waals surface area (Å²) in [6.45, 7) is 17.1. The van der Waals surface area contributed by atoms with Gasteiger partial charge in [0.15, 0.2) is 5.82 Å². The lowest BCUT2D eigenvalue weighted by molar-refractivity contribution is 0.278. The molecular weight excluding hydrogens is 264 g/mol. The van der Waals surface area contributed by atoms with Crippen molar-refractivity contribution in [3.63, 3.8) is 0 Å². The molecule has 0 spiro atoms. The zero-order chi connectivity index (χ0) is 15.8. The summed E-state index contributed by atoms with van der Waals surface area (Å²) in [5, 5.41) is 7.63. The minimum absolute atomic E-state index is 0.264. The van der Waals surface area contributed by atoms with Crippen LogP contribution in [0.25, 0.3) is 0 Å². The van der Waals surface area contributed by atoms with Gasteiger partial charge in [-0.2, -0.15) is 4.98 Å². The molecule has 0 saturated heterocycles. The second-order valence-corrected chi connectivity index (χ2v) is 5.94. The van der Waals surface area contributed by atoms with Crippen LogP contribution in [0.5, 0.6) is 0 Å². The number of nitrogens with one attached hydrogen (secondary N) is 1. The van der Waals surface area contributed by atoms with Crippen LogP contribution in [-0.4, -0.2) is 47.3 Å². The molecule has 0 aliphatic rings. The van der Waals surface area contributed by atoms with E-state index in [0.717, 1.165) is 44.3 Å². The molecule has 0 aliphatic heterocycles. The van der Waals surface area contributed by atoms with Crippen molar-refractivity contribution in [1.29, 1.82) is 0 Å². The number of aromatic nitrogens is 2. The molecule has 0 bridgehead atoms. The molecule has 0 fully saturated rings. The van der Waals surface area contributed by atoms with E-state index in [1.54, 1.807) is 0 Å². The van der Waals surface area contributed by atoms with Gasteiger partial charge in [0.2, 0.25) is 5.89 Å². The van der Waals surface area contributed by atoms with Gasteiger partial charge in [-0.3, -0.25) is 0 Å². The quantitative estimate of drug-likeness (QED) is 0.719. The lowest BCUT2D eigenvalue weighted by Gasteiger charge is -2.24. The summed E-state index contributed by atoms with van der Waals surface area (Å²) in [7, 11) is 0. The SMILES string of the molecule is CCNC(C)C(c1nc(CCN(CC)CC)no1)C(C)C. The second-order valence-electron chi connectivity index (χ2n) is 5.94. The third-order valence-corrected chi connectivity index (χ3v) is 4.10. The van der Waals surface area contributed by atoms with E-state index in [0.29, 0.717) is 12.0 Å². The third kappa shape index (κ3) is 5.40.